The number of hydrogen-bond donors (Lipinski definition) is 1. The van der Waals surface area contributed by atoms with Gasteiger partial charge in [-0.15, -0.1) is 11.3 Å². The van der Waals surface area contributed by atoms with Crippen molar-refractivity contribution in [2.75, 3.05) is 13.7 Å². The molecule has 0 aliphatic carbocycles. The van der Waals surface area contributed by atoms with Gasteiger partial charge in [0.15, 0.2) is 6.61 Å². The Kier molecular flexibility index (Phi) is 6.71. The zero-order valence-electron chi connectivity index (χ0n) is 14.0. The standard InChI is InChI=1S/C18H19NO5S/c1-12-8-9-15(25-12)18(22)24-11-16(20)19-14(17(21)23-2)10-13-6-4-3-5-7-13/h3-9,14H,10-11H2,1-2H3,(H,19,20)/t14-/m0/s1. The molecule has 1 aromatic heterocycles. The summed E-state index contributed by atoms with van der Waals surface area (Å²) in [4.78, 5) is 37.1. The summed E-state index contributed by atoms with van der Waals surface area (Å²) >= 11 is 1.29. The van der Waals surface area contributed by atoms with Crippen molar-refractivity contribution in [3.05, 3.63) is 57.8 Å². The van der Waals surface area contributed by atoms with E-state index in [-0.39, 0.29) is 6.42 Å². The SMILES string of the molecule is COC(=O)[C@H](Cc1ccccc1)NC(=O)COC(=O)c1ccc(C)s1. The van der Waals surface area contributed by atoms with Crippen molar-refractivity contribution in [3.63, 3.8) is 0 Å². The molecule has 0 fully saturated rings. The highest BCUT2D eigenvalue weighted by atomic mass is 32.1. The lowest BCUT2D eigenvalue weighted by molar-refractivity contribution is -0.145. The molecule has 1 amide bonds. The minimum Gasteiger partial charge on any atom is -0.467 e. The highest BCUT2D eigenvalue weighted by molar-refractivity contribution is 7.13. The van der Waals surface area contributed by atoms with E-state index < -0.39 is 30.5 Å². The molecule has 2 aromatic rings. The molecule has 2 rings (SSSR count). The van der Waals surface area contributed by atoms with E-state index in [0.29, 0.717) is 4.88 Å². The number of rotatable bonds is 7. The highest BCUT2D eigenvalue weighted by Gasteiger charge is 2.22. The Labute approximate surface area is 149 Å². The van der Waals surface area contributed by atoms with Crippen LogP contribution in [0.5, 0.6) is 0 Å². The number of carbonyl (C=O) groups excluding carboxylic acids is 3. The quantitative estimate of drug-likeness (QED) is 0.764. The lowest BCUT2D eigenvalue weighted by Gasteiger charge is -2.16. The fraction of sp³-hybridized carbons (Fsp3) is 0.278. The second-order valence-corrected chi connectivity index (χ2v) is 6.61. The van der Waals surface area contributed by atoms with E-state index in [1.807, 2.05) is 37.3 Å². The Balaban J connectivity index is 1.90. The van der Waals surface area contributed by atoms with E-state index in [9.17, 15) is 14.4 Å². The Morgan fingerprint density at radius 3 is 2.44 bits per heavy atom. The van der Waals surface area contributed by atoms with E-state index >= 15 is 0 Å². The average molecular weight is 361 g/mol. The summed E-state index contributed by atoms with van der Waals surface area (Å²) in [7, 11) is 1.26. The van der Waals surface area contributed by atoms with Gasteiger partial charge >= 0.3 is 11.9 Å². The van der Waals surface area contributed by atoms with Gasteiger partial charge in [0.25, 0.3) is 5.91 Å². The number of esters is 2. The second kappa shape index (κ2) is 8.98. The molecule has 0 saturated heterocycles. The highest BCUT2D eigenvalue weighted by Crippen LogP contribution is 2.15. The van der Waals surface area contributed by atoms with Crippen LogP contribution in [0.15, 0.2) is 42.5 Å². The summed E-state index contributed by atoms with van der Waals surface area (Å²) in [6, 6.07) is 11.8. The molecule has 7 heteroatoms. The first-order chi connectivity index (χ1) is 12.0. The molecule has 1 N–H and O–H groups in total. The molecule has 132 valence electrons. The number of thiophene rings is 1. The zero-order chi connectivity index (χ0) is 18.2. The van der Waals surface area contributed by atoms with Gasteiger partial charge in [-0.05, 0) is 24.6 Å². The van der Waals surface area contributed by atoms with Crippen molar-refractivity contribution in [1.29, 1.82) is 0 Å². The monoisotopic (exact) mass is 361 g/mol. The van der Waals surface area contributed by atoms with Crippen LogP contribution < -0.4 is 5.32 Å². The minimum atomic E-state index is -0.845. The molecule has 0 spiro atoms. The van der Waals surface area contributed by atoms with Gasteiger partial charge < -0.3 is 14.8 Å². The molecule has 0 aliphatic rings. The summed E-state index contributed by atoms with van der Waals surface area (Å²) in [5, 5.41) is 2.54. The van der Waals surface area contributed by atoms with Crippen molar-refractivity contribution < 1.29 is 23.9 Å². The van der Waals surface area contributed by atoms with Crippen molar-refractivity contribution in [3.8, 4) is 0 Å². The maximum absolute atomic E-state index is 12.0. The first-order valence-corrected chi connectivity index (χ1v) is 8.46. The van der Waals surface area contributed by atoms with Crippen LogP contribution in [-0.4, -0.2) is 37.6 Å². The van der Waals surface area contributed by atoms with Crippen LogP contribution in [0.3, 0.4) is 0 Å². The molecule has 25 heavy (non-hydrogen) atoms. The van der Waals surface area contributed by atoms with Crippen molar-refractivity contribution in [1.82, 2.24) is 5.32 Å². The predicted molar refractivity (Wildman–Crippen MR) is 93.4 cm³/mol. The fourth-order valence-electron chi connectivity index (χ4n) is 2.17. The number of amides is 1. The molecule has 6 nitrogen and oxygen atoms in total. The van der Waals surface area contributed by atoms with Gasteiger partial charge in [0.05, 0.1) is 7.11 Å². The molecule has 1 heterocycles. The number of methoxy groups -OCH3 is 1. The third-order valence-corrected chi connectivity index (χ3v) is 4.36. The van der Waals surface area contributed by atoms with Crippen LogP contribution in [0, 0.1) is 6.92 Å². The van der Waals surface area contributed by atoms with Crippen LogP contribution in [0.1, 0.15) is 20.1 Å². The number of hydrogen-bond acceptors (Lipinski definition) is 6. The Hall–Kier alpha value is -2.67. The summed E-state index contributed by atoms with van der Waals surface area (Å²) in [5.41, 5.74) is 0.879. The van der Waals surface area contributed by atoms with Gasteiger partial charge in [-0.2, -0.15) is 0 Å². The first-order valence-electron chi connectivity index (χ1n) is 7.64. The van der Waals surface area contributed by atoms with E-state index in [2.05, 4.69) is 5.32 Å². The Morgan fingerprint density at radius 1 is 1.12 bits per heavy atom. The van der Waals surface area contributed by atoms with Crippen LogP contribution in [0.2, 0.25) is 0 Å². The summed E-state index contributed by atoms with van der Waals surface area (Å²) in [5.74, 6) is -1.68. The number of carbonyl (C=O) groups is 3. The van der Waals surface area contributed by atoms with E-state index in [1.165, 1.54) is 18.4 Å². The van der Waals surface area contributed by atoms with Crippen LogP contribution in [0.4, 0.5) is 0 Å². The number of aryl methyl sites for hydroxylation is 1. The van der Waals surface area contributed by atoms with Crippen LogP contribution in [0.25, 0.3) is 0 Å². The van der Waals surface area contributed by atoms with Crippen molar-refractivity contribution >= 4 is 29.2 Å². The van der Waals surface area contributed by atoms with Gasteiger partial charge in [-0.1, -0.05) is 30.3 Å². The summed E-state index contributed by atoms with van der Waals surface area (Å²) in [6.07, 6.45) is 0.289. The third-order valence-electron chi connectivity index (χ3n) is 3.38. The molecule has 0 unspecified atom stereocenters. The van der Waals surface area contributed by atoms with Crippen molar-refractivity contribution in [2.45, 2.75) is 19.4 Å². The fourth-order valence-corrected chi connectivity index (χ4v) is 2.93. The largest absolute Gasteiger partial charge is 0.467 e. The molecule has 1 aromatic carbocycles. The molecule has 1 atom stereocenters. The minimum absolute atomic E-state index is 0.289. The van der Waals surface area contributed by atoms with E-state index in [4.69, 9.17) is 9.47 Å². The number of benzene rings is 1. The van der Waals surface area contributed by atoms with E-state index in [1.54, 1.807) is 12.1 Å². The topological polar surface area (TPSA) is 81.7 Å². The van der Waals surface area contributed by atoms with Gasteiger partial charge in [-0.25, -0.2) is 9.59 Å². The maximum atomic E-state index is 12.0. The number of ether oxygens (including phenoxy) is 2. The van der Waals surface area contributed by atoms with Gasteiger partial charge in [0, 0.05) is 11.3 Å². The summed E-state index contributed by atoms with van der Waals surface area (Å²) < 4.78 is 9.70. The summed E-state index contributed by atoms with van der Waals surface area (Å²) in [6.45, 7) is 1.41. The second-order valence-electron chi connectivity index (χ2n) is 5.32. The maximum Gasteiger partial charge on any atom is 0.348 e. The predicted octanol–water partition coefficient (Wildman–Crippen LogP) is 2.11. The Bertz CT molecular complexity index is 741. The van der Waals surface area contributed by atoms with Gasteiger partial charge in [0.1, 0.15) is 10.9 Å². The normalized spacial score (nSPS) is 11.4. The smallest absolute Gasteiger partial charge is 0.348 e. The van der Waals surface area contributed by atoms with Crippen LogP contribution >= 0.6 is 11.3 Å². The molecule has 0 saturated carbocycles. The molecule has 0 radical (unpaired) electrons. The van der Waals surface area contributed by atoms with Crippen molar-refractivity contribution in [2.24, 2.45) is 0 Å². The molecular weight excluding hydrogens is 342 g/mol. The first kappa shape index (κ1) is 18.7. The molecule has 0 aliphatic heterocycles. The average Bonchev–Trinajstić information content (AvgIpc) is 3.06. The van der Waals surface area contributed by atoms with Crippen LogP contribution in [-0.2, 0) is 25.5 Å². The number of nitrogens with one attached hydrogen (secondary N) is 1. The lowest BCUT2D eigenvalue weighted by Crippen LogP contribution is -2.44. The third kappa shape index (κ3) is 5.72. The zero-order valence-corrected chi connectivity index (χ0v) is 14.8. The van der Waals surface area contributed by atoms with Gasteiger partial charge in [0.2, 0.25) is 0 Å². The molecular formula is C18H19NO5S. The lowest BCUT2D eigenvalue weighted by atomic mass is 10.1. The van der Waals surface area contributed by atoms with E-state index in [0.717, 1.165) is 10.4 Å². The van der Waals surface area contributed by atoms with Gasteiger partial charge in [-0.3, -0.25) is 4.79 Å². The molecule has 0 bridgehead atoms. The Morgan fingerprint density at radius 2 is 1.84 bits per heavy atom.